The van der Waals surface area contributed by atoms with Gasteiger partial charge in [-0.3, -0.25) is 4.79 Å². The molecule has 0 heterocycles. The molecule has 4 heteroatoms. The van der Waals surface area contributed by atoms with Gasteiger partial charge in [0, 0.05) is 13.1 Å². The molecular weight excluding hydrogens is 264 g/mol. The van der Waals surface area contributed by atoms with E-state index in [4.69, 9.17) is 4.74 Å². The van der Waals surface area contributed by atoms with E-state index in [-0.39, 0.29) is 11.4 Å². The van der Waals surface area contributed by atoms with Gasteiger partial charge in [0.15, 0.2) is 0 Å². The minimum atomic E-state index is -0.481. The van der Waals surface area contributed by atoms with Crippen molar-refractivity contribution >= 4 is 5.97 Å². The third-order valence-corrected chi connectivity index (χ3v) is 4.69. The molecule has 1 aliphatic carbocycles. The molecule has 1 atom stereocenters. The zero-order chi connectivity index (χ0) is 15.9. The molecule has 1 fully saturated rings. The Balaban J connectivity index is 2.71. The molecule has 1 rings (SSSR count). The largest absolute Gasteiger partial charge is 0.465 e. The van der Waals surface area contributed by atoms with Crippen LogP contribution in [-0.4, -0.2) is 49.2 Å². The van der Waals surface area contributed by atoms with Gasteiger partial charge in [-0.15, -0.1) is 0 Å². The van der Waals surface area contributed by atoms with Crippen LogP contribution in [0.2, 0.25) is 0 Å². The van der Waals surface area contributed by atoms with Gasteiger partial charge in [-0.05, 0) is 44.7 Å². The first kappa shape index (κ1) is 18.4. The molecule has 0 radical (unpaired) electrons. The summed E-state index contributed by atoms with van der Waals surface area (Å²) in [5, 5.41) is 3.56. The van der Waals surface area contributed by atoms with Crippen LogP contribution in [0, 0.1) is 5.41 Å². The Hall–Kier alpha value is -0.610. The molecule has 1 N–H and O–H groups in total. The van der Waals surface area contributed by atoms with Gasteiger partial charge in [-0.2, -0.15) is 0 Å². The Morgan fingerprint density at radius 1 is 1.19 bits per heavy atom. The van der Waals surface area contributed by atoms with Crippen LogP contribution in [-0.2, 0) is 9.53 Å². The van der Waals surface area contributed by atoms with E-state index in [0.717, 1.165) is 45.4 Å². The summed E-state index contributed by atoms with van der Waals surface area (Å²) in [6.45, 7) is 15.1. The predicted octanol–water partition coefficient (Wildman–Crippen LogP) is 2.82. The standard InChI is InChI=1S/C17H34N2O2/c1-6-19(7-2)13-12-18-17(15(20)21-8-3)11-9-10-16(4,5)14-17/h18H,6-14H2,1-5H3. The fourth-order valence-corrected chi connectivity index (χ4v) is 3.52. The molecule has 0 aromatic heterocycles. The topological polar surface area (TPSA) is 41.6 Å². The Kier molecular flexibility index (Phi) is 7.14. The number of likely N-dealkylation sites (N-methyl/N-ethyl adjacent to an activating group) is 1. The molecule has 0 aromatic carbocycles. The van der Waals surface area contributed by atoms with Crippen molar-refractivity contribution in [3.05, 3.63) is 0 Å². The Bertz CT molecular complexity index is 327. The van der Waals surface area contributed by atoms with E-state index < -0.39 is 5.54 Å². The van der Waals surface area contributed by atoms with Gasteiger partial charge in [0.25, 0.3) is 0 Å². The maximum atomic E-state index is 12.5. The van der Waals surface area contributed by atoms with Crippen molar-refractivity contribution in [1.29, 1.82) is 0 Å². The second kappa shape index (κ2) is 8.14. The van der Waals surface area contributed by atoms with E-state index in [2.05, 4.69) is 37.9 Å². The fraction of sp³-hybridized carbons (Fsp3) is 0.941. The van der Waals surface area contributed by atoms with Crippen molar-refractivity contribution in [2.24, 2.45) is 5.41 Å². The van der Waals surface area contributed by atoms with E-state index in [1.807, 2.05) is 6.92 Å². The zero-order valence-corrected chi connectivity index (χ0v) is 14.6. The third-order valence-electron chi connectivity index (χ3n) is 4.69. The van der Waals surface area contributed by atoms with Crippen molar-refractivity contribution < 1.29 is 9.53 Å². The van der Waals surface area contributed by atoms with Crippen LogP contribution >= 0.6 is 0 Å². The summed E-state index contributed by atoms with van der Waals surface area (Å²) in [5.41, 5.74) is -0.280. The van der Waals surface area contributed by atoms with Crippen molar-refractivity contribution in [2.45, 2.75) is 65.8 Å². The summed E-state index contributed by atoms with van der Waals surface area (Å²) in [7, 11) is 0. The van der Waals surface area contributed by atoms with Gasteiger partial charge in [-0.25, -0.2) is 0 Å². The van der Waals surface area contributed by atoms with Gasteiger partial charge in [0.1, 0.15) is 5.54 Å². The highest BCUT2D eigenvalue weighted by atomic mass is 16.5. The second-order valence-electron chi connectivity index (χ2n) is 6.95. The van der Waals surface area contributed by atoms with Crippen molar-refractivity contribution in [3.63, 3.8) is 0 Å². The molecule has 0 amide bonds. The normalized spacial score (nSPS) is 25.0. The van der Waals surface area contributed by atoms with Crippen molar-refractivity contribution in [1.82, 2.24) is 10.2 Å². The first-order chi connectivity index (χ1) is 9.89. The number of esters is 1. The number of rotatable bonds is 8. The first-order valence-corrected chi connectivity index (χ1v) is 8.53. The average Bonchev–Trinajstić information content (AvgIpc) is 2.43. The highest BCUT2D eigenvalue weighted by Crippen LogP contribution is 2.41. The third kappa shape index (κ3) is 5.26. The summed E-state index contributed by atoms with van der Waals surface area (Å²) in [5.74, 6) is -0.0580. The van der Waals surface area contributed by atoms with Gasteiger partial charge in [0.05, 0.1) is 6.61 Å². The lowest BCUT2D eigenvalue weighted by atomic mass is 9.68. The lowest BCUT2D eigenvalue weighted by molar-refractivity contribution is -0.154. The summed E-state index contributed by atoms with van der Waals surface area (Å²) in [4.78, 5) is 14.9. The van der Waals surface area contributed by atoms with E-state index in [1.54, 1.807) is 0 Å². The lowest BCUT2D eigenvalue weighted by Crippen LogP contribution is -2.58. The van der Waals surface area contributed by atoms with E-state index in [1.165, 1.54) is 6.42 Å². The number of nitrogens with zero attached hydrogens (tertiary/aromatic N) is 1. The summed E-state index contributed by atoms with van der Waals surface area (Å²) in [6, 6.07) is 0. The van der Waals surface area contributed by atoms with E-state index in [9.17, 15) is 4.79 Å². The molecule has 124 valence electrons. The van der Waals surface area contributed by atoms with Gasteiger partial charge >= 0.3 is 5.97 Å². The first-order valence-electron chi connectivity index (χ1n) is 8.53. The second-order valence-corrected chi connectivity index (χ2v) is 6.95. The van der Waals surface area contributed by atoms with Gasteiger partial charge in [-0.1, -0.05) is 34.1 Å². The van der Waals surface area contributed by atoms with Crippen molar-refractivity contribution in [3.8, 4) is 0 Å². The molecule has 4 nitrogen and oxygen atoms in total. The number of hydrogen-bond acceptors (Lipinski definition) is 4. The fourth-order valence-electron chi connectivity index (χ4n) is 3.52. The Labute approximate surface area is 130 Å². The van der Waals surface area contributed by atoms with Gasteiger partial charge in [0.2, 0.25) is 0 Å². The zero-order valence-electron chi connectivity index (χ0n) is 14.6. The number of carbonyl (C=O) groups is 1. The summed E-state index contributed by atoms with van der Waals surface area (Å²) in [6.07, 6.45) is 4.04. The van der Waals surface area contributed by atoms with Crippen LogP contribution < -0.4 is 5.32 Å². The number of carbonyl (C=O) groups excluding carboxylic acids is 1. The Morgan fingerprint density at radius 3 is 2.38 bits per heavy atom. The van der Waals surface area contributed by atoms with Crippen LogP contribution in [0.15, 0.2) is 0 Å². The smallest absolute Gasteiger partial charge is 0.326 e. The summed E-state index contributed by atoms with van der Waals surface area (Å²) < 4.78 is 5.37. The number of hydrogen-bond donors (Lipinski definition) is 1. The number of ether oxygens (including phenoxy) is 1. The van der Waals surface area contributed by atoms with Crippen LogP contribution in [0.25, 0.3) is 0 Å². The molecule has 0 aromatic rings. The molecule has 0 saturated heterocycles. The number of nitrogens with one attached hydrogen (secondary N) is 1. The molecule has 1 aliphatic rings. The van der Waals surface area contributed by atoms with Crippen LogP contribution in [0.1, 0.15) is 60.3 Å². The van der Waals surface area contributed by atoms with Crippen LogP contribution in [0.3, 0.4) is 0 Å². The molecule has 0 aliphatic heterocycles. The maximum Gasteiger partial charge on any atom is 0.326 e. The minimum absolute atomic E-state index is 0.0580. The average molecular weight is 298 g/mol. The maximum absolute atomic E-state index is 12.5. The summed E-state index contributed by atoms with van der Waals surface area (Å²) >= 11 is 0. The molecule has 1 unspecified atom stereocenters. The van der Waals surface area contributed by atoms with Crippen molar-refractivity contribution in [2.75, 3.05) is 32.8 Å². The quantitative estimate of drug-likeness (QED) is 0.700. The Morgan fingerprint density at radius 2 is 1.86 bits per heavy atom. The minimum Gasteiger partial charge on any atom is -0.465 e. The van der Waals surface area contributed by atoms with E-state index in [0.29, 0.717) is 6.61 Å². The molecule has 21 heavy (non-hydrogen) atoms. The lowest BCUT2D eigenvalue weighted by Gasteiger charge is -2.43. The highest BCUT2D eigenvalue weighted by molar-refractivity contribution is 5.81. The van der Waals surface area contributed by atoms with Crippen LogP contribution in [0.5, 0.6) is 0 Å². The molecule has 1 saturated carbocycles. The highest BCUT2D eigenvalue weighted by Gasteiger charge is 2.46. The molecular formula is C17H34N2O2. The van der Waals surface area contributed by atoms with Crippen LogP contribution in [0.4, 0.5) is 0 Å². The van der Waals surface area contributed by atoms with Gasteiger partial charge < -0.3 is 15.0 Å². The predicted molar refractivity (Wildman–Crippen MR) is 87.4 cm³/mol. The SMILES string of the molecule is CCOC(=O)C1(NCCN(CC)CC)CCCC(C)(C)C1. The molecule has 0 spiro atoms. The monoisotopic (exact) mass is 298 g/mol. The molecule has 0 bridgehead atoms. The van der Waals surface area contributed by atoms with E-state index >= 15 is 0 Å².